The second-order valence-electron chi connectivity index (χ2n) is 40.6. The second-order valence-corrected chi connectivity index (χ2v) is 40.6. The number of likely N-dealkylation sites (N-methyl/N-ethyl adjacent to an activating group) is 1. The Morgan fingerprint density at radius 1 is 0.336 bits per heavy atom. The van der Waals surface area contributed by atoms with Crippen LogP contribution in [-0.4, -0.2) is 419 Å². The summed E-state index contributed by atoms with van der Waals surface area (Å²) in [6.07, 6.45) is 17.7. The second kappa shape index (κ2) is 71.1. The van der Waals surface area contributed by atoms with Gasteiger partial charge in [-0.05, 0) is 302 Å². The molecule has 12 aliphatic rings. The zero-order chi connectivity index (χ0) is 88.7. The number of rotatable bonds is 22. The molecule has 12 heterocycles. The highest BCUT2D eigenvalue weighted by Gasteiger charge is 2.31. The van der Waals surface area contributed by atoms with Crippen LogP contribution >= 0.6 is 0 Å². The van der Waals surface area contributed by atoms with Crippen LogP contribution in [0.1, 0.15) is 292 Å². The van der Waals surface area contributed by atoms with Crippen molar-refractivity contribution in [3.63, 3.8) is 0 Å². The van der Waals surface area contributed by atoms with Gasteiger partial charge in [-0.2, -0.15) is 0 Å². The Hall–Kier alpha value is -0.800. The van der Waals surface area contributed by atoms with Crippen molar-refractivity contribution in [2.24, 2.45) is 17.8 Å². The fourth-order valence-corrected chi connectivity index (χ4v) is 16.8. The summed E-state index contributed by atoms with van der Waals surface area (Å²) in [6.45, 7) is 112. The van der Waals surface area contributed by atoms with E-state index < -0.39 is 0 Å². The average molecular weight is 1690 g/mol. The molecule has 0 aromatic rings. The van der Waals surface area contributed by atoms with Crippen LogP contribution in [0.15, 0.2) is 0 Å². The van der Waals surface area contributed by atoms with Crippen LogP contribution in [0.4, 0.5) is 0 Å². The summed E-state index contributed by atoms with van der Waals surface area (Å²) in [7, 11) is 2.19. The highest BCUT2D eigenvalue weighted by Crippen LogP contribution is 2.23. The van der Waals surface area contributed by atoms with Crippen LogP contribution in [0.3, 0.4) is 0 Å². The maximum Gasteiger partial charge on any atom is 0.0832 e. The third-order valence-corrected chi connectivity index (χ3v) is 25.9. The van der Waals surface area contributed by atoms with Crippen molar-refractivity contribution in [1.82, 2.24) is 84.1 Å². The Kier molecular flexibility index (Phi) is 70.6. The van der Waals surface area contributed by atoms with E-state index in [1.165, 1.54) is 221 Å². The summed E-state index contributed by atoms with van der Waals surface area (Å²) < 4.78 is 10.8. The lowest BCUT2D eigenvalue weighted by atomic mass is 9.94. The molecule has 716 valence electrons. The van der Waals surface area contributed by atoms with Crippen LogP contribution in [0.2, 0.25) is 0 Å². The number of β-amino-alcohol motifs (C(OH)–C–C–N with tert-alkyl or cyclic N) is 1. The summed E-state index contributed by atoms with van der Waals surface area (Å²) in [6, 6.07) is 8.82. The number of piperazine rings is 4. The Balaban J connectivity index is 0.00000128. The summed E-state index contributed by atoms with van der Waals surface area (Å²) in [5, 5.41) is 15.5. The maximum absolute atomic E-state index is 8.74. The molecule has 0 bridgehead atoms. The number of hydrogen-bond donors (Lipinski definition) is 3. The zero-order valence-electron chi connectivity index (χ0n) is 85.1. The number of nitrogens with zero attached hydrogens (tertiary/aromatic N) is 15. The van der Waals surface area contributed by atoms with Crippen LogP contribution < -0.4 is 10.6 Å². The lowest BCUT2D eigenvalue weighted by molar-refractivity contribution is -0.0903. The molecule has 3 N–H and O–H groups in total. The van der Waals surface area contributed by atoms with E-state index in [2.05, 4.69) is 299 Å². The van der Waals surface area contributed by atoms with Gasteiger partial charge in [0, 0.05) is 256 Å². The molecule has 0 spiro atoms. The molecule has 0 amide bonds. The first-order valence-corrected chi connectivity index (χ1v) is 50.2. The van der Waals surface area contributed by atoms with E-state index in [1.807, 2.05) is 0 Å². The first-order valence-electron chi connectivity index (χ1n) is 50.2. The number of aliphatic hydroxyl groups is 1. The molecule has 12 rings (SSSR count). The summed E-state index contributed by atoms with van der Waals surface area (Å²) >= 11 is 0. The van der Waals surface area contributed by atoms with E-state index in [0.717, 1.165) is 165 Å². The van der Waals surface area contributed by atoms with Gasteiger partial charge in [-0.1, -0.05) is 60.8 Å². The van der Waals surface area contributed by atoms with Gasteiger partial charge in [-0.25, -0.2) is 0 Å². The topological polar surface area (TPSA) is 111 Å². The first-order chi connectivity index (χ1) is 55.9. The Morgan fingerprint density at radius 2 is 0.622 bits per heavy atom. The third-order valence-electron chi connectivity index (χ3n) is 25.9. The van der Waals surface area contributed by atoms with Gasteiger partial charge in [0.05, 0.1) is 32.0 Å². The highest BCUT2D eigenvalue weighted by atomic mass is 16.5. The largest absolute Gasteiger partial charge is 0.395 e. The summed E-state index contributed by atoms with van der Waals surface area (Å²) in [4.78, 5) is 37.3. The summed E-state index contributed by atoms with van der Waals surface area (Å²) in [5.74, 6) is 2.93. The van der Waals surface area contributed by atoms with Crippen LogP contribution in [0.25, 0.3) is 0 Å². The fourth-order valence-electron chi connectivity index (χ4n) is 16.8. The maximum atomic E-state index is 8.74. The number of piperidine rings is 1. The smallest absolute Gasteiger partial charge is 0.0832 e. The molecule has 0 aromatic carbocycles. The van der Waals surface area contributed by atoms with Gasteiger partial charge in [0.1, 0.15) is 0 Å². The number of likely N-dealkylation sites (tertiary alicyclic amines) is 7. The minimum absolute atomic E-state index is 0. The predicted molar refractivity (Wildman–Crippen MR) is 525 cm³/mol. The van der Waals surface area contributed by atoms with Gasteiger partial charge < -0.3 is 59.5 Å². The van der Waals surface area contributed by atoms with E-state index in [0.29, 0.717) is 43.0 Å². The molecule has 0 unspecified atom stereocenters. The number of hydrogen-bond acceptors (Lipinski definition) is 20. The predicted octanol–water partition coefficient (Wildman–Crippen LogP) is 15.2. The van der Waals surface area contributed by atoms with Crippen molar-refractivity contribution in [2.75, 3.05) is 256 Å². The molecule has 12 saturated heterocycles. The molecule has 0 aliphatic carbocycles. The van der Waals surface area contributed by atoms with Gasteiger partial charge in [0.25, 0.3) is 0 Å². The molecule has 0 atom stereocenters. The summed E-state index contributed by atoms with van der Waals surface area (Å²) in [5.41, 5.74) is 0. The molecule has 119 heavy (non-hydrogen) atoms. The molecular weight excluding hydrogens is 1480 g/mol. The van der Waals surface area contributed by atoms with Crippen molar-refractivity contribution in [2.45, 2.75) is 377 Å². The molecule has 0 aromatic heterocycles. The molecule has 20 heteroatoms. The van der Waals surface area contributed by atoms with Gasteiger partial charge in [0.2, 0.25) is 0 Å². The number of morpholine rings is 1. The minimum atomic E-state index is 0. The quantitative estimate of drug-likeness (QED) is 0.0893. The first kappa shape index (κ1) is 118. The number of aliphatic hydroxyl groups excluding tert-OH is 1. The van der Waals surface area contributed by atoms with E-state index in [1.54, 1.807) is 0 Å². The number of ether oxygens (including phenoxy) is 2. The fraction of sp³-hybridized carbons (Fsp3) is 1.00. The van der Waals surface area contributed by atoms with Gasteiger partial charge >= 0.3 is 0 Å². The lowest BCUT2D eigenvalue weighted by Crippen LogP contribution is -2.55. The van der Waals surface area contributed by atoms with E-state index in [-0.39, 0.29) is 7.43 Å². The Labute approximate surface area is 745 Å². The third kappa shape index (κ3) is 57.7. The molecule has 12 aliphatic heterocycles. The van der Waals surface area contributed by atoms with E-state index >= 15 is 0 Å². The van der Waals surface area contributed by atoms with Crippen LogP contribution in [0.5, 0.6) is 0 Å². The Morgan fingerprint density at radius 3 is 0.908 bits per heavy atom. The van der Waals surface area contributed by atoms with Crippen LogP contribution in [0, 0.1) is 17.8 Å². The van der Waals surface area contributed by atoms with Crippen molar-refractivity contribution >= 4 is 0 Å². The van der Waals surface area contributed by atoms with Gasteiger partial charge in [-0.15, -0.1) is 0 Å². The normalized spacial score (nSPS) is 22.4. The van der Waals surface area contributed by atoms with Crippen molar-refractivity contribution in [3.05, 3.63) is 0 Å². The molecule has 0 radical (unpaired) electrons. The van der Waals surface area contributed by atoms with E-state index in [4.69, 9.17) is 14.6 Å². The van der Waals surface area contributed by atoms with Crippen molar-refractivity contribution in [1.29, 1.82) is 0 Å². The monoisotopic (exact) mass is 1690 g/mol. The van der Waals surface area contributed by atoms with Crippen molar-refractivity contribution < 1.29 is 14.6 Å². The number of nitrogens with one attached hydrogen (secondary N) is 2. The lowest BCUT2D eigenvalue weighted by Gasteiger charge is -2.42. The standard InChI is InChI=1S/C11H25N3.C9H20N2O.C9H19NO.2C9H19N.C8H18N2.C8H17N.C7H16N2.C7H15NO.3C7H15N.CH4/c1-4-5-12-10-13-6-8-14(9-7-13)11(2)3;1-9(2)11-5-3-10(4-6-11)7-8-12;1-7(2)10-5-9(6-10)11-8(3)4;1-9(2)10-7-5-3-4-6-8-10;1-4-5-9-6-10(7-9)8(2)3;1-8(2)10-6-4-9(3)5-7-10;1-8(2)9-6-4-3-5-7-9;1-7(2)9-5-3-8-4-6-9;1-7(2)8-3-5-9-6-4-8;2*1-6(2)8-4-7(3)5-8;1-7(2)8-5-3-4-6-8;/h11-12H,4-10H2,1-3H3;9,12H,3-8H2,1-2H3;7-9H,5-6H2,1-4H3;9H,3-8H2,1-2H3;8-9H,4-7H2,1-3H3;8H,4-7H2,1-3H3;8H,3-7H2,1-2H3;7-8H,3-6H2,1-2H3;7H,3-6H2,1-2H3;2*6-7H,4-5H2,1-3H3;7H,3-6H2,1-2H3;1H4. The molecule has 20 nitrogen and oxygen atoms in total. The average Bonchev–Trinajstić information content (AvgIpc) is 1.18. The molecule has 0 saturated carbocycles. The van der Waals surface area contributed by atoms with Gasteiger partial charge in [-0.3, -0.25) is 39.2 Å². The molecule has 12 fully saturated rings. The van der Waals surface area contributed by atoms with Gasteiger partial charge in [0.15, 0.2) is 0 Å². The highest BCUT2D eigenvalue weighted by molar-refractivity contribution is 4.85. The Bertz CT molecular complexity index is 2080. The molecular formula is C99H217N17O3. The van der Waals surface area contributed by atoms with Crippen molar-refractivity contribution in [3.8, 4) is 0 Å². The SMILES string of the molecule is C.CC(C)N1CCCC1.CC(C)N1CCCCC1.CC(C)N1CCCCCC1.CC(C)N1CCN(C)CC1.CC(C)N1CCN(CCO)CC1.CC(C)N1CCNCC1.CC(C)N1CCOCC1.CC(C)OC1CN(C(C)C)C1.CC1CN(C(C)C)C1.CC1CN(C(C)C)C1.CCCC1CN(C(C)C)C1.CCCNCN1CCN(C(C)C)CC1. The van der Waals surface area contributed by atoms with E-state index in [9.17, 15) is 0 Å². The zero-order valence-corrected chi connectivity index (χ0v) is 85.1. The van der Waals surface area contributed by atoms with Crippen LogP contribution in [-0.2, 0) is 9.47 Å². The minimum Gasteiger partial charge on any atom is -0.395 e.